The SMILES string of the molecule is CC(C)C(C)S1(C)C[N+]1(C)C(C)C. The van der Waals surface area contributed by atoms with Crippen LogP contribution in [0.1, 0.15) is 34.6 Å². The average molecular weight is 204 g/mol. The molecular weight excluding hydrogens is 178 g/mol. The Hall–Kier alpha value is 0.310. The number of quaternary nitrogens is 1. The van der Waals surface area contributed by atoms with E-state index in [0.29, 0.717) is 0 Å². The third-order valence-corrected chi connectivity index (χ3v) is 9.59. The summed E-state index contributed by atoms with van der Waals surface area (Å²) < 4.78 is 1.35. The molecule has 13 heavy (non-hydrogen) atoms. The van der Waals surface area contributed by atoms with Crippen molar-refractivity contribution in [2.45, 2.75) is 45.9 Å². The first kappa shape index (κ1) is 11.4. The first-order valence-corrected chi connectivity index (χ1v) is 7.59. The van der Waals surface area contributed by atoms with Crippen LogP contribution in [0.15, 0.2) is 0 Å². The van der Waals surface area contributed by atoms with E-state index in [0.717, 1.165) is 17.2 Å². The molecule has 1 saturated heterocycles. The molecule has 1 aliphatic rings. The van der Waals surface area contributed by atoms with Crippen LogP contribution in [0.5, 0.6) is 0 Å². The van der Waals surface area contributed by atoms with Gasteiger partial charge in [0.1, 0.15) is 0 Å². The summed E-state index contributed by atoms with van der Waals surface area (Å²) in [6.45, 7) is 11.9. The molecule has 1 nitrogen and oxygen atoms in total. The van der Waals surface area contributed by atoms with E-state index >= 15 is 0 Å². The normalized spacial score (nSPS) is 46.2. The quantitative estimate of drug-likeness (QED) is 0.489. The van der Waals surface area contributed by atoms with Gasteiger partial charge in [0.25, 0.3) is 0 Å². The minimum Gasteiger partial charge on any atom is -0.269 e. The first-order valence-electron chi connectivity index (χ1n) is 5.36. The summed E-state index contributed by atoms with van der Waals surface area (Å²) in [7, 11) is 2.09. The lowest BCUT2D eigenvalue weighted by atomic mass is 10.2. The predicted molar refractivity (Wildman–Crippen MR) is 64.0 cm³/mol. The van der Waals surface area contributed by atoms with E-state index in [1.54, 1.807) is 0 Å². The van der Waals surface area contributed by atoms with Crippen LogP contribution in [-0.2, 0) is 0 Å². The van der Waals surface area contributed by atoms with Crippen molar-refractivity contribution >= 4 is 10.2 Å². The zero-order valence-corrected chi connectivity index (χ0v) is 11.1. The molecule has 0 aromatic heterocycles. The second kappa shape index (κ2) is 3.16. The minimum atomic E-state index is -0.354. The second-order valence-electron chi connectivity index (χ2n) is 5.45. The maximum absolute atomic E-state index is 2.54. The Morgan fingerprint density at radius 2 is 1.54 bits per heavy atom. The molecule has 1 heterocycles. The Labute approximate surface area is 85.5 Å². The van der Waals surface area contributed by atoms with Gasteiger partial charge in [-0.05, 0) is 26.7 Å². The van der Waals surface area contributed by atoms with Gasteiger partial charge in [-0.15, -0.1) is 0 Å². The number of nitrogens with zero attached hydrogens (tertiary/aromatic N) is 1. The highest BCUT2D eigenvalue weighted by Crippen LogP contribution is 2.74. The summed E-state index contributed by atoms with van der Waals surface area (Å²) in [5.41, 5.74) is 0. The summed E-state index contributed by atoms with van der Waals surface area (Å²) in [4.78, 5) is 0. The Kier molecular flexibility index (Phi) is 2.77. The lowest BCUT2D eigenvalue weighted by molar-refractivity contribution is -0.733. The third kappa shape index (κ3) is 1.52. The summed E-state index contributed by atoms with van der Waals surface area (Å²) in [6, 6.07) is 0.807. The van der Waals surface area contributed by atoms with Gasteiger partial charge in [-0.25, -0.2) is 0 Å². The van der Waals surface area contributed by atoms with Gasteiger partial charge >= 0.3 is 0 Å². The highest BCUT2D eigenvalue weighted by atomic mass is 32.3. The largest absolute Gasteiger partial charge is 0.269 e. The fraction of sp³-hybridized carbons (Fsp3) is 1.00. The molecule has 1 aliphatic heterocycles. The van der Waals surface area contributed by atoms with Gasteiger partial charge in [-0.3, -0.25) is 3.89 Å². The molecule has 0 radical (unpaired) electrons. The van der Waals surface area contributed by atoms with Crippen LogP contribution in [0.3, 0.4) is 0 Å². The average Bonchev–Trinajstić information content (AvgIpc) is 2.56. The number of hydrogen-bond donors (Lipinski definition) is 0. The van der Waals surface area contributed by atoms with Crippen LogP contribution < -0.4 is 0 Å². The van der Waals surface area contributed by atoms with E-state index in [9.17, 15) is 0 Å². The number of rotatable bonds is 3. The molecule has 0 amide bonds. The van der Waals surface area contributed by atoms with Crippen molar-refractivity contribution in [1.82, 2.24) is 0 Å². The molecule has 0 N–H and O–H groups in total. The first-order chi connectivity index (χ1) is 5.75. The van der Waals surface area contributed by atoms with Crippen molar-refractivity contribution < 1.29 is 3.89 Å². The van der Waals surface area contributed by atoms with Gasteiger partial charge in [-0.1, -0.05) is 24.1 Å². The molecule has 1 rings (SSSR count). The van der Waals surface area contributed by atoms with Crippen molar-refractivity contribution in [2.75, 3.05) is 19.2 Å². The molecule has 0 aliphatic carbocycles. The van der Waals surface area contributed by atoms with Crippen LogP contribution in [0.4, 0.5) is 0 Å². The highest BCUT2D eigenvalue weighted by molar-refractivity contribution is 8.33. The van der Waals surface area contributed by atoms with Crippen molar-refractivity contribution in [1.29, 1.82) is 0 Å². The topological polar surface area (TPSA) is 0 Å². The summed E-state index contributed by atoms with van der Waals surface area (Å²) in [6.07, 6.45) is 2.54. The van der Waals surface area contributed by atoms with E-state index in [1.165, 1.54) is 9.77 Å². The zero-order valence-electron chi connectivity index (χ0n) is 10.3. The summed E-state index contributed by atoms with van der Waals surface area (Å²) >= 11 is 0. The van der Waals surface area contributed by atoms with Crippen LogP contribution in [0, 0.1) is 5.92 Å². The van der Waals surface area contributed by atoms with E-state index in [-0.39, 0.29) is 10.2 Å². The maximum atomic E-state index is 2.54. The molecule has 0 aromatic carbocycles. The summed E-state index contributed by atoms with van der Waals surface area (Å²) in [5.74, 6) is 2.29. The van der Waals surface area contributed by atoms with Gasteiger partial charge in [0.2, 0.25) is 0 Å². The molecule has 0 aromatic rings. The Balaban J connectivity index is 2.74. The molecular formula is C11H26NS+. The molecule has 80 valence electrons. The van der Waals surface area contributed by atoms with Crippen LogP contribution in [0.2, 0.25) is 0 Å². The van der Waals surface area contributed by atoms with Gasteiger partial charge in [0.15, 0.2) is 5.88 Å². The molecule has 0 spiro atoms. The zero-order chi connectivity index (χ0) is 10.4. The van der Waals surface area contributed by atoms with E-state index in [2.05, 4.69) is 47.9 Å². The smallest absolute Gasteiger partial charge is 0.161 e. The lowest BCUT2D eigenvalue weighted by Crippen LogP contribution is -2.32. The van der Waals surface area contributed by atoms with Crippen molar-refractivity contribution in [3.8, 4) is 0 Å². The van der Waals surface area contributed by atoms with Gasteiger partial charge in [0.05, 0.1) is 13.1 Å². The fourth-order valence-corrected chi connectivity index (χ4v) is 7.13. The van der Waals surface area contributed by atoms with Crippen molar-refractivity contribution in [3.05, 3.63) is 0 Å². The fourth-order valence-electron chi connectivity index (χ4n) is 2.21. The van der Waals surface area contributed by atoms with E-state index in [1.807, 2.05) is 0 Å². The highest BCUT2D eigenvalue weighted by Gasteiger charge is 2.63. The van der Waals surface area contributed by atoms with Crippen molar-refractivity contribution in [3.63, 3.8) is 0 Å². The maximum Gasteiger partial charge on any atom is 0.161 e. The van der Waals surface area contributed by atoms with Crippen LogP contribution in [0.25, 0.3) is 0 Å². The van der Waals surface area contributed by atoms with Gasteiger partial charge < -0.3 is 0 Å². The van der Waals surface area contributed by atoms with Crippen molar-refractivity contribution in [2.24, 2.45) is 5.92 Å². The standard InChI is InChI=1S/C11H26NS/c1-9(2)11(5)13(7)8-12(13,6)10(3)4/h9-11H,8H2,1-7H3/q+1. The van der Waals surface area contributed by atoms with E-state index < -0.39 is 0 Å². The molecule has 0 saturated carbocycles. The number of hydrogen-bond acceptors (Lipinski definition) is 0. The van der Waals surface area contributed by atoms with E-state index in [4.69, 9.17) is 0 Å². The Morgan fingerprint density at radius 3 is 1.77 bits per heavy atom. The van der Waals surface area contributed by atoms with Gasteiger partial charge in [-0.2, -0.15) is 0 Å². The molecule has 2 heteroatoms. The van der Waals surface area contributed by atoms with Crippen LogP contribution in [-0.4, -0.2) is 34.4 Å². The Bertz CT molecular complexity index is 202. The monoisotopic (exact) mass is 204 g/mol. The molecule has 3 unspecified atom stereocenters. The third-order valence-electron chi connectivity index (χ3n) is 4.23. The molecule has 3 atom stereocenters. The van der Waals surface area contributed by atoms with Gasteiger partial charge in [0, 0.05) is 11.5 Å². The van der Waals surface area contributed by atoms with Crippen LogP contribution >= 0.6 is 10.2 Å². The minimum absolute atomic E-state index is 0.354. The lowest BCUT2D eigenvalue weighted by Gasteiger charge is -2.32. The molecule has 0 bridgehead atoms. The molecule has 1 fully saturated rings. The Morgan fingerprint density at radius 1 is 1.08 bits per heavy atom. The predicted octanol–water partition coefficient (Wildman–Crippen LogP) is 3.21. The second-order valence-corrected chi connectivity index (χ2v) is 9.51. The summed E-state index contributed by atoms with van der Waals surface area (Å²) in [5, 5.41) is 0.917.